The van der Waals surface area contributed by atoms with Crippen LogP contribution in [-0.4, -0.2) is 17.5 Å². The summed E-state index contributed by atoms with van der Waals surface area (Å²) in [4.78, 5) is 0. The molecule has 1 heterocycles. The van der Waals surface area contributed by atoms with Gasteiger partial charge in [-0.25, -0.2) is 0 Å². The van der Waals surface area contributed by atoms with Crippen LogP contribution in [0.5, 0.6) is 0 Å². The minimum atomic E-state index is 0.532. The van der Waals surface area contributed by atoms with E-state index in [0.29, 0.717) is 6.04 Å². The van der Waals surface area contributed by atoms with Crippen LogP contribution in [0.4, 0.5) is 0 Å². The maximum Gasteiger partial charge on any atom is 0.0320 e. The predicted octanol–water partition coefficient (Wildman–Crippen LogP) is 3.54. The number of hydrogen-bond acceptors (Lipinski definition) is 2. The monoisotopic (exact) mass is 235 g/mol. The normalized spacial score (nSPS) is 22.2. The van der Waals surface area contributed by atoms with Gasteiger partial charge >= 0.3 is 0 Å². The Bertz CT molecular complexity index is 314. The maximum absolute atomic E-state index is 3.78. The number of hydrogen-bond donors (Lipinski definition) is 1. The molecule has 0 aromatic heterocycles. The van der Waals surface area contributed by atoms with Gasteiger partial charge in [-0.1, -0.05) is 36.8 Å². The molecule has 1 fully saturated rings. The van der Waals surface area contributed by atoms with Crippen molar-refractivity contribution in [3.63, 3.8) is 0 Å². The largest absolute Gasteiger partial charge is 0.306 e. The summed E-state index contributed by atoms with van der Waals surface area (Å²) in [5.41, 5.74) is 2.78. The van der Waals surface area contributed by atoms with Crippen molar-refractivity contribution in [3.05, 3.63) is 35.4 Å². The molecule has 2 heteroatoms. The Morgan fingerprint density at radius 3 is 2.69 bits per heavy atom. The SMILES string of the molecule is CCC(NC1CCSC1)c1ccc(C)cc1. The van der Waals surface area contributed by atoms with Crippen LogP contribution in [-0.2, 0) is 0 Å². The van der Waals surface area contributed by atoms with E-state index in [2.05, 4.69) is 55.2 Å². The summed E-state index contributed by atoms with van der Waals surface area (Å²) in [7, 11) is 0. The van der Waals surface area contributed by atoms with Crippen LogP contribution in [0.1, 0.15) is 36.9 Å². The standard InChI is InChI=1S/C14H21NS/c1-3-14(15-13-8-9-16-10-13)12-6-4-11(2)5-7-12/h4-7,13-15H,3,8-10H2,1-2H3. The van der Waals surface area contributed by atoms with Crippen molar-refractivity contribution in [1.82, 2.24) is 5.32 Å². The van der Waals surface area contributed by atoms with Gasteiger partial charge in [-0.2, -0.15) is 11.8 Å². The highest BCUT2D eigenvalue weighted by Crippen LogP contribution is 2.23. The Morgan fingerprint density at radius 1 is 1.38 bits per heavy atom. The average molecular weight is 235 g/mol. The highest BCUT2D eigenvalue weighted by atomic mass is 32.2. The van der Waals surface area contributed by atoms with Crippen molar-refractivity contribution in [2.45, 2.75) is 38.8 Å². The van der Waals surface area contributed by atoms with Crippen LogP contribution >= 0.6 is 11.8 Å². The predicted molar refractivity (Wildman–Crippen MR) is 73.1 cm³/mol. The lowest BCUT2D eigenvalue weighted by Crippen LogP contribution is -2.32. The van der Waals surface area contributed by atoms with E-state index in [9.17, 15) is 0 Å². The molecule has 0 amide bonds. The molecular formula is C14H21NS. The van der Waals surface area contributed by atoms with Gasteiger partial charge in [-0.3, -0.25) is 0 Å². The number of thioether (sulfide) groups is 1. The molecule has 1 saturated heterocycles. The first-order valence-corrected chi connectivity index (χ1v) is 7.35. The van der Waals surface area contributed by atoms with Gasteiger partial charge in [0.2, 0.25) is 0 Å². The molecule has 1 aromatic carbocycles. The third-order valence-corrected chi connectivity index (χ3v) is 4.42. The third-order valence-electron chi connectivity index (χ3n) is 3.25. The maximum atomic E-state index is 3.78. The zero-order valence-corrected chi connectivity index (χ0v) is 11.0. The van der Waals surface area contributed by atoms with Crippen LogP contribution < -0.4 is 5.32 Å². The molecule has 0 radical (unpaired) electrons. The van der Waals surface area contributed by atoms with Crippen molar-refractivity contribution < 1.29 is 0 Å². The first-order chi connectivity index (χ1) is 7.79. The molecular weight excluding hydrogens is 214 g/mol. The Morgan fingerprint density at radius 2 is 2.12 bits per heavy atom. The van der Waals surface area contributed by atoms with Crippen molar-refractivity contribution in [3.8, 4) is 0 Å². The van der Waals surface area contributed by atoms with E-state index in [0.717, 1.165) is 6.04 Å². The van der Waals surface area contributed by atoms with Gasteiger partial charge in [0, 0.05) is 17.8 Å². The zero-order chi connectivity index (χ0) is 11.4. The van der Waals surface area contributed by atoms with Crippen LogP contribution in [0.3, 0.4) is 0 Å². The van der Waals surface area contributed by atoms with Crippen molar-refractivity contribution in [1.29, 1.82) is 0 Å². The molecule has 2 unspecified atom stereocenters. The quantitative estimate of drug-likeness (QED) is 0.856. The van der Waals surface area contributed by atoms with E-state index in [1.54, 1.807) is 0 Å². The summed E-state index contributed by atoms with van der Waals surface area (Å²) in [6.45, 7) is 4.41. The number of rotatable bonds is 4. The molecule has 0 spiro atoms. The van der Waals surface area contributed by atoms with Crippen molar-refractivity contribution in [2.75, 3.05) is 11.5 Å². The second kappa shape index (κ2) is 5.74. The van der Waals surface area contributed by atoms with Crippen LogP contribution in [0.25, 0.3) is 0 Å². The molecule has 0 bridgehead atoms. The van der Waals surface area contributed by atoms with Crippen molar-refractivity contribution in [2.24, 2.45) is 0 Å². The summed E-state index contributed by atoms with van der Waals surface area (Å²) in [6, 6.07) is 10.2. The summed E-state index contributed by atoms with van der Waals surface area (Å²) >= 11 is 2.07. The van der Waals surface area contributed by atoms with Gasteiger partial charge in [0.15, 0.2) is 0 Å². The van der Waals surface area contributed by atoms with Gasteiger partial charge < -0.3 is 5.32 Å². The molecule has 1 aliphatic heterocycles. The molecule has 88 valence electrons. The van der Waals surface area contributed by atoms with E-state index in [1.165, 1.54) is 35.5 Å². The van der Waals surface area contributed by atoms with Crippen LogP contribution in [0.15, 0.2) is 24.3 Å². The van der Waals surface area contributed by atoms with E-state index in [-0.39, 0.29) is 0 Å². The number of benzene rings is 1. The summed E-state index contributed by atoms with van der Waals surface area (Å²) in [6.07, 6.45) is 2.50. The molecule has 2 rings (SSSR count). The fourth-order valence-corrected chi connectivity index (χ4v) is 3.36. The Balaban J connectivity index is 2.00. The van der Waals surface area contributed by atoms with Crippen LogP contribution in [0, 0.1) is 6.92 Å². The lowest BCUT2D eigenvalue weighted by Gasteiger charge is -2.22. The minimum Gasteiger partial charge on any atom is -0.306 e. The lowest BCUT2D eigenvalue weighted by atomic mass is 10.0. The summed E-state index contributed by atoms with van der Waals surface area (Å²) < 4.78 is 0. The lowest BCUT2D eigenvalue weighted by molar-refractivity contribution is 0.451. The van der Waals surface area contributed by atoms with E-state index in [1.807, 2.05) is 0 Å². The fraction of sp³-hybridized carbons (Fsp3) is 0.571. The molecule has 1 aromatic rings. The van der Waals surface area contributed by atoms with Gasteiger partial charge in [-0.05, 0) is 31.1 Å². The number of nitrogens with one attached hydrogen (secondary N) is 1. The molecule has 1 N–H and O–H groups in total. The second-order valence-electron chi connectivity index (χ2n) is 4.60. The first kappa shape index (κ1) is 12.0. The molecule has 1 nitrogen and oxygen atoms in total. The van der Waals surface area contributed by atoms with E-state index >= 15 is 0 Å². The van der Waals surface area contributed by atoms with Gasteiger partial charge in [-0.15, -0.1) is 0 Å². The fourth-order valence-electron chi connectivity index (χ4n) is 2.20. The van der Waals surface area contributed by atoms with Crippen molar-refractivity contribution >= 4 is 11.8 Å². The highest BCUT2D eigenvalue weighted by Gasteiger charge is 2.19. The Kier molecular flexibility index (Phi) is 4.30. The van der Waals surface area contributed by atoms with Crippen LogP contribution in [0.2, 0.25) is 0 Å². The van der Waals surface area contributed by atoms with E-state index in [4.69, 9.17) is 0 Å². The molecule has 2 atom stereocenters. The van der Waals surface area contributed by atoms with Gasteiger partial charge in [0.25, 0.3) is 0 Å². The van der Waals surface area contributed by atoms with Gasteiger partial charge in [0.1, 0.15) is 0 Å². The molecule has 0 aliphatic carbocycles. The Labute approximate surface area is 103 Å². The first-order valence-electron chi connectivity index (χ1n) is 6.20. The molecule has 0 saturated carbocycles. The minimum absolute atomic E-state index is 0.532. The smallest absolute Gasteiger partial charge is 0.0320 e. The second-order valence-corrected chi connectivity index (χ2v) is 5.75. The average Bonchev–Trinajstić information content (AvgIpc) is 2.80. The number of aryl methyl sites for hydroxylation is 1. The zero-order valence-electron chi connectivity index (χ0n) is 10.2. The Hall–Kier alpha value is -0.470. The molecule has 1 aliphatic rings. The van der Waals surface area contributed by atoms with E-state index < -0.39 is 0 Å². The third kappa shape index (κ3) is 3.02. The summed E-state index contributed by atoms with van der Waals surface area (Å²) in [5, 5.41) is 3.78. The van der Waals surface area contributed by atoms with Gasteiger partial charge in [0.05, 0.1) is 0 Å². The molecule has 16 heavy (non-hydrogen) atoms. The topological polar surface area (TPSA) is 12.0 Å². The summed E-state index contributed by atoms with van der Waals surface area (Å²) in [5.74, 6) is 2.60. The highest BCUT2D eigenvalue weighted by molar-refractivity contribution is 7.99.